The van der Waals surface area contributed by atoms with Gasteiger partial charge in [-0.25, -0.2) is 4.98 Å². The van der Waals surface area contributed by atoms with Crippen LogP contribution in [0.5, 0.6) is 0 Å². The fraction of sp³-hybridized carbons (Fsp3) is 0.158. The lowest BCUT2D eigenvalue weighted by molar-refractivity contribution is -0.384. The number of hydrogen-bond acceptors (Lipinski definition) is 9. The third-order valence-corrected chi connectivity index (χ3v) is 4.66. The summed E-state index contributed by atoms with van der Waals surface area (Å²) in [5, 5.41) is 17.6. The van der Waals surface area contributed by atoms with Gasteiger partial charge in [0.05, 0.1) is 16.9 Å². The van der Waals surface area contributed by atoms with Crippen molar-refractivity contribution in [2.24, 2.45) is 0 Å². The molecule has 1 atom stereocenters. The van der Waals surface area contributed by atoms with E-state index in [0.717, 1.165) is 11.3 Å². The highest BCUT2D eigenvalue weighted by atomic mass is 32.1. The van der Waals surface area contributed by atoms with Crippen LogP contribution in [0.2, 0.25) is 0 Å². The molecule has 0 aliphatic heterocycles. The second kappa shape index (κ2) is 9.63. The van der Waals surface area contributed by atoms with Crippen LogP contribution >= 0.6 is 11.3 Å². The van der Waals surface area contributed by atoms with Crippen LogP contribution in [0.1, 0.15) is 17.5 Å². The van der Waals surface area contributed by atoms with E-state index in [2.05, 4.69) is 15.6 Å². The number of non-ortho nitro benzene ring substituents is 1. The van der Waals surface area contributed by atoms with Crippen molar-refractivity contribution in [2.75, 3.05) is 11.9 Å². The standard InChI is InChI=1S/C19H16N4O7S/c1-11(30-16(24)9-20-18(26)15-6-3-7-29-15)17(25)22-19-21-14(10-31-19)12-4-2-5-13(8-12)23(27)28/h2-8,10-11H,9H2,1H3,(H,20,26)(H,21,22,25)/t11-/m1/s1. The summed E-state index contributed by atoms with van der Waals surface area (Å²) in [5.41, 5.74) is 0.905. The first kappa shape index (κ1) is 21.6. The van der Waals surface area contributed by atoms with E-state index >= 15 is 0 Å². The molecule has 2 amide bonds. The minimum Gasteiger partial charge on any atom is -0.459 e. The van der Waals surface area contributed by atoms with Crippen LogP contribution in [-0.2, 0) is 14.3 Å². The molecule has 12 heteroatoms. The van der Waals surface area contributed by atoms with Crippen LogP contribution in [0.15, 0.2) is 52.5 Å². The van der Waals surface area contributed by atoms with E-state index in [4.69, 9.17) is 9.15 Å². The average Bonchev–Trinajstić information content (AvgIpc) is 3.44. The van der Waals surface area contributed by atoms with Gasteiger partial charge in [-0.3, -0.25) is 29.8 Å². The van der Waals surface area contributed by atoms with Crippen molar-refractivity contribution in [3.63, 3.8) is 0 Å². The van der Waals surface area contributed by atoms with Crippen molar-refractivity contribution in [1.82, 2.24) is 10.3 Å². The smallest absolute Gasteiger partial charge is 0.326 e. The quantitative estimate of drug-likeness (QED) is 0.305. The lowest BCUT2D eigenvalue weighted by Crippen LogP contribution is -2.35. The Morgan fingerprint density at radius 1 is 1.29 bits per heavy atom. The zero-order chi connectivity index (χ0) is 22.4. The van der Waals surface area contributed by atoms with Gasteiger partial charge in [0.2, 0.25) is 0 Å². The highest BCUT2D eigenvalue weighted by Gasteiger charge is 2.20. The summed E-state index contributed by atoms with van der Waals surface area (Å²) < 4.78 is 9.89. The first-order valence-electron chi connectivity index (χ1n) is 8.86. The van der Waals surface area contributed by atoms with Gasteiger partial charge in [-0.2, -0.15) is 0 Å². The number of hydrogen-bond donors (Lipinski definition) is 2. The Bertz CT molecular complexity index is 1110. The summed E-state index contributed by atoms with van der Waals surface area (Å²) in [6.45, 7) is 0.933. The van der Waals surface area contributed by atoms with Crippen LogP contribution < -0.4 is 10.6 Å². The van der Waals surface area contributed by atoms with Crippen molar-refractivity contribution in [3.05, 3.63) is 63.9 Å². The van der Waals surface area contributed by atoms with E-state index in [9.17, 15) is 24.5 Å². The van der Waals surface area contributed by atoms with Crippen molar-refractivity contribution in [1.29, 1.82) is 0 Å². The Balaban J connectivity index is 1.52. The molecule has 0 spiro atoms. The summed E-state index contributed by atoms with van der Waals surface area (Å²) in [4.78, 5) is 50.4. The fourth-order valence-corrected chi connectivity index (χ4v) is 3.11. The summed E-state index contributed by atoms with van der Waals surface area (Å²) in [7, 11) is 0. The largest absolute Gasteiger partial charge is 0.459 e. The first-order valence-corrected chi connectivity index (χ1v) is 9.74. The third kappa shape index (κ3) is 5.73. The van der Waals surface area contributed by atoms with Gasteiger partial charge in [-0.15, -0.1) is 11.3 Å². The maximum absolute atomic E-state index is 12.2. The topological polar surface area (TPSA) is 154 Å². The predicted molar refractivity (Wildman–Crippen MR) is 109 cm³/mol. The number of rotatable bonds is 8. The third-order valence-electron chi connectivity index (χ3n) is 3.90. The minimum atomic E-state index is -1.14. The van der Waals surface area contributed by atoms with E-state index < -0.39 is 35.4 Å². The molecule has 0 aliphatic rings. The van der Waals surface area contributed by atoms with Crippen LogP contribution in [-0.4, -0.2) is 40.3 Å². The van der Waals surface area contributed by atoms with Gasteiger partial charge in [-0.05, 0) is 19.1 Å². The summed E-state index contributed by atoms with van der Waals surface area (Å²) in [6.07, 6.45) is 0.182. The number of nitro groups is 1. The van der Waals surface area contributed by atoms with Crippen LogP contribution in [0.25, 0.3) is 11.3 Å². The maximum atomic E-state index is 12.2. The molecule has 0 radical (unpaired) electrons. The van der Waals surface area contributed by atoms with Crippen LogP contribution in [0.3, 0.4) is 0 Å². The number of anilines is 1. The number of nitrogens with one attached hydrogen (secondary N) is 2. The molecule has 0 unspecified atom stereocenters. The zero-order valence-corrected chi connectivity index (χ0v) is 16.9. The summed E-state index contributed by atoms with van der Waals surface area (Å²) >= 11 is 1.12. The molecule has 0 bridgehead atoms. The van der Waals surface area contributed by atoms with Crippen molar-refractivity contribution in [3.8, 4) is 11.3 Å². The number of ether oxygens (including phenoxy) is 1. The molecule has 3 rings (SSSR count). The average molecular weight is 444 g/mol. The second-order valence-corrected chi connectivity index (χ2v) is 6.98. The minimum absolute atomic E-state index is 0.0434. The number of amides is 2. The molecular weight excluding hydrogens is 428 g/mol. The predicted octanol–water partition coefficient (Wildman–Crippen LogP) is 2.61. The molecule has 11 nitrogen and oxygen atoms in total. The van der Waals surface area contributed by atoms with E-state index in [-0.39, 0.29) is 16.6 Å². The first-order chi connectivity index (χ1) is 14.8. The molecule has 2 heterocycles. The Hall–Kier alpha value is -4.06. The molecular formula is C19H16N4O7S. The normalized spacial score (nSPS) is 11.4. The van der Waals surface area contributed by atoms with Gasteiger partial charge >= 0.3 is 5.97 Å². The lowest BCUT2D eigenvalue weighted by Gasteiger charge is -2.12. The van der Waals surface area contributed by atoms with E-state index in [0.29, 0.717) is 11.3 Å². The van der Waals surface area contributed by atoms with Crippen LogP contribution in [0.4, 0.5) is 10.8 Å². The SMILES string of the molecule is C[C@@H](OC(=O)CNC(=O)c1ccco1)C(=O)Nc1nc(-c2cccc([N+](=O)[O-])c2)cs1. The van der Waals surface area contributed by atoms with Gasteiger partial charge in [0, 0.05) is 23.1 Å². The van der Waals surface area contributed by atoms with E-state index in [1.807, 2.05) is 0 Å². The Morgan fingerprint density at radius 3 is 2.81 bits per heavy atom. The van der Waals surface area contributed by atoms with Crippen LogP contribution in [0, 0.1) is 10.1 Å². The fourth-order valence-electron chi connectivity index (χ4n) is 2.39. The highest BCUT2D eigenvalue weighted by molar-refractivity contribution is 7.14. The van der Waals surface area contributed by atoms with Crippen molar-refractivity contribution < 1.29 is 28.5 Å². The molecule has 0 saturated heterocycles. The number of thiazole rings is 1. The van der Waals surface area contributed by atoms with Gasteiger partial charge in [0.25, 0.3) is 17.5 Å². The molecule has 160 valence electrons. The highest BCUT2D eigenvalue weighted by Crippen LogP contribution is 2.27. The maximum Gasteiger partial charge on any atom is 0.326 e. The second-order valence-electron chi connectivity index (χ2n) is 6.13. The molecule has 3 aromatic rings. The van der Waals surface area contributed by atoms with E-state index in [1.54, 1.807) is 11.4 Å². The number of furan rings is 1. The number of carbonyl (C=O) groups excluding carboxylic acids is 3. The lowest BCUT2D eigenvalue weighted by atomic mass is 10.1. The Kier molecular flexibility index (Phi) is 6.72. The molecule has 2 aromatic heterocycles. The van der Waals surface area contributed by atoms with Crippen molar-refractivity contribution in [2.45, 2.75) is 13.0 Å². The van der Waals surface area contributed by atoms with Gasteiger partial charge in [0.15, 0.2) is 17.0 Å². The summed E-state index contributed by atoms with van der Waals surface area (Å²) in [6, 6.07) is 8.91. The molecule has 0 saturated carbocycles. The molecule has 31 heavy (non-hydrogen) atoms. The monoisotopic (exact) mass is 444 g/mol. The molecule has 2 N–H and O–H groups in total. The molecule has 0 fully saturated rings. The number of benzene rings is 1. The Morgan fingerprint density at radius 2 is 2.10 bits per heavy atom. The Labute approximate surface area is 179 Å². The van der Waals surface area contributed by atoms with Gasteiger partial charge < -0.3 is 14.5 Å². The number of aromatic nitrogens is 1. The number of carbonyl (C=O) groups is 3. The number of nitro benzene ring substituents is 1. The van der Waals surface area contributed by atoms with Gasteiger partial charge in [-0.1, -0.05) is 12.1 Å². The van der Waals surface area contributed by atoms with E-state index in [1.165, 1.54) is 43.5 Å². The number of nitrogens with zero attached hydrogens (tertiary/aromatic N) is 2. The molecule has 1 aromatic carbocycles. The molecule has 0 aliphatic carbocycles. The number of esters is 1. The van der Waals surface area contributed by atoms with Crippen molar-refractivity contribution >= 4 is 39.9 Å². The zero-order valence-electron chi connectivity index (χ0n) is 16.1. The van der Waals surface area contributed by atoms with Gasteiger partial charge in [0.1, 0.15) is 6.54 Å². The summed E-state index contributed by atoms with van der Waals surface area (Å²) in [5.74, 6) is -1.97.